The molecule has 1 aliphatic heterocycles. The SMILES string of the molecule is Cc1ccc(C(c2ccc(C)cc2)N2CCN(C(=O)COc3ccc(Cl)cc3)CC2)cc1. The molecule has 0 aromatic heterocycles. The highest BCUT2D eigenvalue weighted by atomic mass is 35.5. The van der Waals surface area contributed by atoms with Crippen LogP contribution in [0, 0.1) is 13.8 Å². The Morgan fingerprint density at radius 2 is 1.31 bits per heavy atom. The summed E-state index contributed by atoms with van der Waals surface area (Å²) in [5, 5.41) is 0.650. The fourth-order valence-corrected chi connectivity index (χ4v) is 4.23. The minimum absolute atomic E-state index is 0.0156. The zero-order valence-corrected chi connectivity index (χ0v) is 19.4. The van der Waals surface area contributed by atoms with Crippen LogP contribution in [0.4, 0.5) is 0 Å². The van der Waals surface area contributed by atoms with Crippen LogP contribution >= 0.6 is 11.6 Å². The van der Waals surface area contributed by atoms with Crippen molar-refractivity contribution in [3.63, 3.8) is 0 Å². The summed E-state index contributed by atoms with van der Waals surface area (Å²) in [5.74, 6) is 0.669. The fourth-order valence-electron chi connectivity index (χ4n) is 4.11. The number of amides is 1. The van der Waals surface area contributed by atoms with Gasteiger partial charge in [-0.25, -0.2) is 0 Å². The van der Waals surface area contributed by atoms with Gasteiger partial charge in [0.2, 0.25) is 0 Å². The number of rotatable bonds is 6. The van der Waals surface area contributed by atoms with Crippen LogP contribution in [0.2, 0.25) is 5.02 Å². The molecule has 0 radical (unpaired) electrons. The lowest BCUT2D eigenvalue weighted by atomic mass is 9.95. The third kappa shape index (κ3) is 5.50. The first-order valence-corrected chi connectivity index (χ1v) is 11.4. The Kier molecular flexibility index (Phi) is 7.13. The van der Waals surface area contributed by atoms with E-state index in [0.717, 1.165) is 13.1 Å². The molecule has 0 spiro atoms. The number of piperazine rings is 1. The normalized spacial score (nSPS) is 14.6. The van der Waals surface area contributed by atoms with Crippen LogP contribution in [-0.2, 0) is 4.79 Å². The van der Waals surface area contributed by atoms with E-state index in [1.54, 1.807) is 24.3 Å². The molecule has 1 heterocycles. The molecule has 3 aromatic rings. The first-order valence-electron chi connectivity index (χ1n) is 11.0. The summed E-state index contributed by atoms with van der Waals surface area (Å²) >= 11 is 5.90. The van der Waals surface area contributed by atoms with Gasteiger partial charge in [0.1, 0.15) is 5.75 Å². The number of aryl methyl sites for hydroxylation is 2. The Labute approximate surface area is 195 Å². The lowest BCUT2D eigenvalue weighted by Gasteiger charge is -2.39. The lowest BCUT2D eigenvalue weighted by molar-refractivity contribution is -0.135. The molecule has 166 valence electrons. The zero-order chi connectivity index (χ0) is 22.5. The van der Waals surface area contributed by atoms with Gasteiger partial charge in [-0.05, 0) is 49.2 Å². The Balaban J connectivity index is 1.41. The average Bonchev–Trinajstić information content (AvgIpc) is 2.81. The molecule has 32 heavy (non-hydrogen) atoms. The Morgan fingerprint density at radius 3 is 1.81 bits per heavy atom. The Hall–Kier alpha value is -2.82. The summed E-state index contributed by atoms with van der Waals surface area (Å²) in [7, 11) is 0. The molecule has 1 saturated heterocycles. The van der Waals surface area contributed by atoms with Crippen LogP contribution in [0.1, 0.15) is 28.3 Å². The predicted molar refractivity (Wildman–Crippen MR) is 129 cm³/mol. The Bertz CT molecular complexity index is 979. The molecule has 1 fully saturated rings. The molecule has 1 aliphatic rings. The van der Waals surface area contributed by atoms with Crippen molar-refractivity contribution in [3.8, 4) is 5.75 Å². The fraction of sp³-hybridized carbons (Fsp3) is 0.296. The second kappa shape index (κ2) is 10.2. The number of benzene rings is 3. The third-order valence-electron chi connectivity index (χ3n) is 5.99. The van der Waals surface area contributed by atoms with Gasteiger partial charge in [0, 0.05) is 31.2 Å². The highest BCUT2D eigenvalue weighted by molar-refractivity contribution is 6.30. The van der Waals surface area contributed by atoms with E-state index in [-0.39, 0.29) is 18.6 Å². The summed E-state index contributed by atoms with van der Waals surface area (Å²) in [4.78, 5) is 17.1. The number of carbonyl (C=O) groups is 1. The van der Waals surface area contributed by atoms with Gasteiger partial charge in [-0.1, -0.05) is 71.3 Å². The topological polar surface area (TPSA) is 32.8 Å². The minimum Gasteiger partial charge on any atom is -0.484 e. The molecule has 1 amide bonds. The number of ether oxygens (including phenoxy) is 1. The van der Waals surface area contributed by atoms with Gasteiger partial charge in [-0.15, -0.1) is 0 Å². The molecule has 4 nitrogen and oxygen atoms in total. The maximum absolute atomic E-state index is 12.7. The monoisotopic (exact) mass is 448 g/mol. The van der Waals surface area contributed by atoms with Gasteiger partial charge in [0.05, 0.1) is 6.04 Å². The molecule has 5 heteroatoms. The standard InChI is InChI=1S/C27H29ClN2O2/c1-20-3-7-22(8-4-20)27(23-9-5-21(2)6-10-23)30-17-15-29(16-18-30)26(31)19-32-25-13-11-24(28)12-14-25/h3-14,27H,15-19H2,1-2H3. The summed E-state index contributed by atoms with van der Waals surface area (Å²) in [6.45, 7) is 7.29. The molecule has 0 aliphatic carbocycles. The Morgan fingerprint density at radius 1 is 0.812 bits per heavy atom. The minimum atomic E-state index is 0.0156. The van der Waals surface area contributed by atoms with Crippen LogP contribution in [-0.4, -0.2) is 48.5 Å². The van der Waals surface area contributed by atoms with Crippen LogP contribution in [0.15, 0.2) is 72.8 Å². The summed E-state index contributed by atoms with van der Waals surface area (Å²) < 4.78 is 5.65. The smallest absolute Gasteiger partial charge is 0.260 e. The van der Waals surface area contributed by atoms with Gasteiger partial charge < -0.3 is 9.64 Å². The molecule has 3 aromatic carbocycles. The maximum atomic E-state index is 12.7. The van der Waals surface area contributed by atoms with E-state index in [0.29, 0.717) is 23.9 Å². The van der Waals surface area contributed by atoms with E-state index in [9.17, 15) is 4.79 Å². The van der Waals surface area contributed by atoms with Crippen LogP contribution in [0.3, 0.4) is 0 Å². The van der Waals surface area contributed by atoms with Crippen molar-refractivity contribution in [1.29, 1.82) is 0 Å². The van der Waals surface area contributed by atoms with Crippen molar-refractivity contribution in [1.82, 2.24) is 9.80 Å². The molecule has 0 saturated carbocycles. The van der Waals surface area contributed by atoms with Gasteiger partial charge in [0.25, 0.3) is 5.91 Å². The van der Waals surface area contributed by atoms with E-state index < -0.39 is 0 Å². The predicted octanol–water partition coefficient (Wildman–Crippen LogP) is 5.27. The molecule has 0 N–H and O–H groups in total. The van der Waals surface area contributed by atoms with E-state index in [1.165, 1.54) is 22.3 Å². The first kappa shape index (κ1) is 22.4. The first-order chi connectivity index (χ1) is 15.5. The quantitative estimate of drug-likeness (QED) is 0.515. The van der Waals surface area contributed by atoms with E-state index in [4.69, 9.17) is 16.3 Å². The van der Waals surface area contributed by atoms with Gasteiger partial charge >= 0.3 is 0 Å². The van der Waals surface area contributed by atoms with E-state index in [1.807, 2.05) is 4.90 Å². The number of hydrogen-bond acceptors (Lipinski definition) is 3. The molecular formula is C27H29ClN2O2. The van der Waals surface area contributed by atoms with Crippen LogP contribution in [0.5, 0.6) is 5.75 Å². The molecular weight excluding hydrogens is 420 g/mol. The van der Waals surface area contributed by atoms with Crippen LogP contribution < -0.4 is 4.74 Å². The summed E-state index contributed by atoms with van der Waals surface area (Å²) in [6, 6.07) is 24.8. The highest BCUT2D eigenvalue weighted by Crippen LogP contribution is 2.30. The lowest BCUT2D eigenvalue weighted by Crippen LogP contribution is -2.51. The summed E-state index contributed by atoms with van der Waals surface area (Å²) in [6.07, 6.45) is 0. The van der Waals surface area contributed by atoms with Crippen molar-refractivity contribution in [3.05, 3.63) is 100 Å². The van der Waals surface area contributed by atoms with Crippen molar-refractivity contribution in [2.75, 3.05) is 32.8 Å². The van der Waals surface area contributed by atoms with Crippen LogP contribution in [0.25, 0.3) is 0 Å². The highest BCUT2D eigenvalue weighted by Gasteiger charge is 2.28. The van der Waals surface area contributed by atoms with Crippen molar-refractivity contribution < 1.29 is 9.53 Å². The number of halogens is 1. The largest absolute Gasteiger partial charge is 0.484 e. The third-order valence-corrected chi connectivity index (χ3v) is 6.25. The number of hydrogen-bond donors (Lipinski definition) is 0. The molecule has 0 atom stereocenters. The van der Waals surface area contributed by atoms with Crippen molar-refractivity contribution >= 4 is 17.5 Å². The second-order valence-electron chi connectivity index (χ2n) is 8.38. The van der Waals surface area contributed by atoms with E-state index in [2.05, 4.69) is 67.3 Å². The zero-order valence-electron chi connectivity index (χ0n) is 18.6. The van der Waals surface area contributed by atoms with Gasteiger partial charge in [-0.2, -0.15) is 0 Å². The average molecular weight is 449 g/mol. The van der Waals surface area contributed by atoms with Crippen molar-refractivity contribution in [2.24, 2.45) is 0 Å². The van der Waals surface area contributed by atoms with Gasteiger partial charge in [-0.3, -0.25) is 9.69 Å². The van der Waals surface area contributed by atoms with Gasteiger partial charge in [0.15, 0.2) is 6.61 Å². The van der Waals surface area contributed by atoms with Crippen molar-refractivity contribution in [2.45, 2.75) is 19.9 Å². The summed E-state index contributed by atoms with van der Waals surface area (Å²) in [5.41, 5.74) is 5.08. The maximum Gasteiger partial charge on any atom is 0.260 e. The molecule has 0 bridgehead atoms. The molecule has 0 unspecified atom stereocenters. The van der Waals surface area contributed by atoms with E-state index >= 15 is 0 Å². The second-order valence-corrected chi connectivity index (χ2v) is 8.82. The number of carbonyl (C=O) groups excluding carboxylic acids is 1. The molecule has 4 rings (SSSR count). The number of nitrogens with zero attached hydrogens (tertiary/aromatic N) is 2.